The number of anilines is 1. The Hall–Kier alpha value is -3.30. The Bertz CT molecular complexity index is 908. The summed E-state index contributed by atoms with van der Waals surface area (Å²) >= 11 is 0. The highest BCUT2D eigenvalue weighted by molar-refractivity contribution is 5.95. The minimum atomic E-state index is -0.168. The lowest BCUT2D eigenvalue weighted by molar-refractivity contribution is -0.115. The normalized spacial score (nSPS) is 14.2. The quantitative estimate of drug-likeness (QED) is 0.378. The van der Waals surface area contributed by atoms with Gasteiger partial charge in [0, 0.05) is 31.4 Å². The first-order valence-electron chi connectivity index (χ1n) is 10.3. The number of hydrogen-bond donors (Lipinski definition) is 3. The van der Waals surface area contributed by atoms with E-state index in [0.29, 0.717) is 18.2 Å². The van der Waals surface area contributed by atoms with Gasteiger partial charge in [0.2, 0.25) is 5.91 Å². The van der Waals surface area contributed by atoms with Gasteiger partial charge in [-0.25, -0.2) is 0 Å². The maximum atomic E-state index is 12.2. The van der Waals surface area contributed by atoms with Crippen LogP contribution in [0.3, 0.4) is 0 Å². The van der Waals surface area contributed by atoms with E-state index in [1.54, 1.807) is 19.2 Å². The molecule has 0 spiro atoms. The molecule has 3 rings (SSSR count). The van der Waals surface area contributed by atoms with Crippen molar-refractivity contribution < 1.29 is 4.79 Å². The molecule has 1 aliphatic heterocycles. The fraction of sp³-hybridized carbons (Fsp3) is 0.333. The monoisotopic (exact) mass is 403 g/mol. The molecule has 0 unspecified atom stereocenters. The van der Waals surface area contributed by atoms with Gasteiger partial charge in [0.15, 0.2) is 5.96 Å². The molecule has 0 radical (unpaired) electrons. The highest BCUT2D eigenvalue weighted by Gasteiger charge is 2.11. The number of likely N-dealkylation sites (tertiary alicyclic amines) is 1. The fourth-order valence-electron chi connectivity index (χ4n) is 3.42. The minimum absolute atomic E-state index is 0.106. The number of carbonyl (C=O) groups is 1. The Labute approximate surface area is 178 Å². The van der Waals surface area contributed by atoms with Crippen LogP contribution in [0.5, 0.6) is 0 Å². The summed E-state index contributed by atoms with van der Waals surface area (Å²) in [6.45, 7) is 4.17. The van der Waals surface area contributed by atoms with Crippen LogP contribution in [0.2, 0.25) is 0 Å². The summed E-state index contributed by atoms with van der Waals surface area (Å²) in [6.07, 6.45) is 8.01. The molecule has 156 valence electrons. The number of nitrogens with one attached hydrogen (secondary N) is 3. The summed E-state index contributed by atoms with van der Waals surface area (Å²) in [4.78, 5) is 18.8. The van der Waals surface area contributed by atoms with E-state index in [-0.39, 0.29) is 12.5 Å². The zero-order chi connectivity index (χ0) is 21.2. The molecule has 0 atom stereocenters. The smallest absolute Gasteiger partial charge is 0.243 e. The molecule has 6 heteroatoms. The number of rotatable bonds is 7. The van der Waals surface area contributed by atoms with Gasteiger partial charge in [-0.1, -0.05) is 36.3 Å². The van der Waals surface area contributed by atoms with Gasteiger partial charge >= 0.3 is 0 Å². The van der Waals surface area contributed by atoms with Crippen LogP contribution >= 0.6 is 0 Å². The molecule has 1 fully saturated rings. The highest BCUT2D eigenvalue weighted by atomic mass is 16.1. The van der Waals surface area contributed by atoms with Crippen molar-refractivity contribution >= 4 is 17.6 Å². The number of amides is 1. The number of terminal acetylenes is 1. The standard InChI is InChI=1S/C24H29N5O/c1-3-19-7-6-8-22(15-19)28-23(30)17-27-24(25-2)26-16-20-9-11-21(12-10-20)18-29-13-4-5-14-29/h1,6-12,15H,4-5,13-14,16-18H2,2H3,(H,28,30)(H2,25,26,27). The van der Waals surface area contributed by atoms with Gasteiger partial charge in [-0.15, -0.1) is 6.42 Å². The Kier molecular flexibility index (Phi) is 7.87. The average Bonchev–Trinajstić information content (AvgIpc) is 3.28. The molecule has 6 nitrogen and oxygen atoms in total. The lowest BCUT2D eigenvalue weighted by Gasteiger charge is -2.15. The molecule has 30 heavy (non-hydrogen) atoms. The van der Waals surface area contributed by atoms with E-state index >= 15 is 0 Å². The van der Waals surface area contributed by atoms with Gasteiger partial charge in [-0.05, 0) is 55.3 Å². The number of nitrogens with zero attached hydrogens (tertiary/aromatic N) is 2. The molecule has 3 N–H and O–H groups in total. The number of hydrogen-bond acceptors (Lipinski definition) is 3. The molecule has 1 amide bonds. The van der Waals surface area contributed by atoms with Gasteiger partial charge in [0.25, 0.3) is 0 Å². The summed E-state index contributed by atoms with van der Waals surface area (Å²) in [5.41, 5.74) is 3.91. The second-order valence-electron chi connectivity index (χ2n) is 7.35. The summed E-state index contributed by atoms with van der Waals surface area (Å²) < 4.78 is 0. The topological polar surface area (TPSA) is 68.8 Å². The van der Waals surface area contributed by atoms with E-state index in [4.69, 9.17) is 6.42 Å². The van der Waals surface area contributed by atoms with Crippen molar-refractivity contribution in [3.05, 3.63) is 65.2 Å². The number of carbonyl (C=O) groups excluding carboxylic acids is 1. The van der Waals surface area contributed by atoms with Gasteiger partial charge in [-0.3, -0.25) is 14.7 Å². The second-order valence-corrected chi connectivity index (χ2v) is 7.35. The average molecular weight is 404 g/mol. The first-order chi connectivity index (χ1) is 14.7. The Morgan fingerprint density at radius 3 is 2.53 bits per heavy atom. The maximum absolute atomic E-state index is 12.2. The van der Waals surface area contributed by atoms with E-state index in [9.17, 15) is 4.79 Å². The first kappa shape index (κ1) is 21.4. The molecule has 2 aromatic carbocycles. The molecule has 2 aromatic rings. The first-order valence-corrected chi connectivity index (χ1v) is 10.3. The van der Waals surface area contributed by atoms with Crippen LogP contribution in [0.1, 0.15) is 29.5 Å². The summed E-state index contributed by atoms with van der Waals surface area (Å²) in [6, 6.07) is 15.8. The van der Waals surface area contributed by atoms with Gasteiger partial charge in [-0.2, -0.15) is 0 Å². The molecule has 0 bridgehead atoms. The Morgan fingerprint density at radius 1 is 1.10 bits per heavy atom. The van der Waals surface area contributed by atoms with Crippen molar-refractivity contribution in [2.24, 2.45) is 4.99 Å². The molecule has 0 saturated carbocycles. The van der Waals surface area contributed by atoms with E-state index < -0.39 is 0 Å². The van der Waals surface area contributed by atoms with Crippen molar-refractivity contribution in [2.45, 2.75) is 25.9 Å². The summed E-state index contributed by atoms with van der Waals surface area (Å²) in [5.74, 6) is 2.96. The van der Waals surface area contributed by atoms with Crippen molar-refractivity contribution in [3.8, 4) is 12.3 Å². The van der Waals surface area contributed by atoms with E-state index in [1.165, 1.54) is 37.1 Å². The second kappa shape index (κ2) is 11.0. The molecular formula is C24H29N5O. The van der Waals surface area contributed by atoms with Crippen LogP contribution in [0.4, 0.5) is 5.69 Å². The number of guanidine groups is 1. The lowest BCUT2D eigenvalue weighted by Crippen LogP contribution is -2.41. The van der Waals surface area contributed by atoms with Gasteiger partial charge in [0.05, 0.1) is 6.54 Å². The van der Waals surface area contributed by atoms with E-state index in [1.807, 2.05) is 12.1 Å². The Morgan fingerprint density at radius 2 is 1.83 bits per heavy atom. The third-order valence-electron chi connectivity index (χ3n) is 5.04. The van der Waals surface area contributed by atoms with E-state index in [0.717, 1.165) is 12.1 Å². The van der Waals surface area contributed by atoms with Gasteiger partial charge < -0.3 is 16.0 Å². The summed E-state index contributed by atoms with van der Waals surface area (Å²) in [7, 11) is 1.68. The number of benzene rings is 2. The predicted molar refractivity (Wildman–Crippen MR) is 122 cm³/mol. The molecular weight excluding hydrogens is 374 g/mol. The van der Waals surface area contributed by atoms with Gasteiger partial charge in [0.1, 0.15) is 0 Å². The van der Waals surface area contributed by atoms with Crippen molar-refractivity contribution in [1.29, 1.82) is 0 Å². The highest BCUT2D eigenvalue weighted by Crippen LogP contribution is 2.13. The zero-order valence-electron chi connectivity index (χ0n) is 17.4. The molecule has 1 aliphatic rings. The van der Waals surface area contributed by atoms with Crippen molar-refractivity contribution in [2.75, 3.05) is 32.0 Å². The Balaban J connectivity index is 1.41. The third kappa shape index (κ3) is 6.64. The van der Waals surface area contributed by atoms with Crippen LogP contribution in [-0.2, 0) is 17.9 Å². The van der Waals surface area contributed by atoms with E-state index in [2.05, 4.69) is 56.0 Å². The third-order valence-corrected chi connectivity index (χ3v) is 5.04. The molecule has 1 saturated heterocycles. The fourth-order valence-corrected chi connectivity index (χ4v) is 3.42. The number of aliphatic imine (C=N–C) groups is 1. The molecule has 0 aromatic heterocycles. The largest absolute Gasteiger partial charge is 0.352 e. The van der Waals surface area contributed by atoms with Crippen LogP contribution in [0.25, 0.3) is 0 Å². The van der Waals surface area contributed by atoms with Crippen LogP contribution in [0.15, 0.2) is 53.5 Å². The SMILES string of the molecule is C#Cc1cccc(NC(=O)CNC(=NC)NCc2ccc(CN3CCCC3)cc2)c1. The van der Waals surface area contributed by atoms with Crippen molar-refractivity contribution in [3.63, 3.8) is 0 Å². The lowest BCUT2D eigenvalue weighted by atomic mass is 10.1. The molecule has 1 heterocycles. The van der Waals surface area contributed by atoms with Crippen LogP contribution < -0.4 is 16.0 Å². The van der Waals surface area contributed by atoms with Crippen LogP contribution in [-0.4, -0.2) is 43.4 Å². The predicted octanol–water partition coefficient (Wildman–Crippen LogP) is 2.57. The van der Waals surface area contributed by atoms with Crippen LogP contribution in [0, 0.1) is 12.3 Å². The van der Waals surface area contributed by atoms with Crippen molar-refractivity contribution in [1.82, 2.24) is 15.5 Å². The molecule has 0 aliphatic carbocycles. The maximum Gasteiger partial charge on any atom is 0.243 e. The minimum Gasteiger partial charge on any atom is -0.352 e. The summed E-state index contributed by atoms with van der Waals surface area (Å²) in [5, 5.41) is 9.09. The zero-order valence-corrected chi connectivity index (χ0v) is 17.4.